The molecule has 0 spiro atoms. The Morgan fingerprint density at radius 2 is 2.00 bits per heavy atom. The Morgan fingerprint density at radius 1 is 1.25 bits per heavy atom. The molecular weight excluding hydrogens is 322 g/mol. The Hall–Kier alpha value is -2.99. The third kappa shape index (κ3) is 2.91. The highest BCUT2D eigenvalue weighted by molar-refractivity contribution is 7.71. The summed E-state index contributed by atoms with van der Waals surface area (Å²) in [6.07, 6.45) is 2.93. The quantitative estimate of drug-likeness (QED) is 0.433. The van der Waals surface area contributed by atoms with Crippen LogP contribution in [0.1, 0.15) is 5.56 Å². The minimum atomic E-state index is -0.484. The van der Waals surface area contributed by atoms with Gasteiger partial charge in [0.2, 0.25) is 5.88 Å². The molecule has 0 saturated carbocycles. The Labute approximate surface area is 143 Å². The summed E-state index contributed by atoms with van der Waals surface area (Å²) in [5.74, 6) is -0.229. The third-order valence-corrected chi connectivity index (χ3v) is 3.94. The number of nitrogens with one attached hydrogen (secondary N) is 1. The van der Waals surface area contributed by atoms with E-state index < -0.39 is 5.56 Å². The van der Waals surface area contributed by atoms with Crippen molar-refractivity contribution in [3.05, 3.63) is 75.8 Å². The number of allylic oxidation sites excluding steroid dienone is 1. The maximum Gasteiger partial charge on any atom is 0.264 e. The molecule has 0 fully saturated rings. The molecule has 0 radical (unpaired) electrons. The van der Waals surface area contributed by atoms with Gasteiger partial charge < -0.3 is 5.11 Å². The SMILES string of the molecule is C=CCn1c(O)c(C=Nc2cccc3ccccc23)c(=O)[nH]c1=S. The molecule has 1 aromatic heterocycles. The van der Waals surface area contributed by atoms with Gasteiger partial charge in [0.15, 0.2) is 4.77 Å². The fourth-order valence-corrected chi connectivity index (χ4v) is 2.70. The Morgan fingerprint density at radius 3 is 2.79 bits per heavy atom. The molecular formula is C18H15N3O2S. The second-order valence-electron chi connectivity index (χ2n) is 5.15. The predicted octanol–water partition coefficient (Wildman–Crippen LogP) is 3.70. The Balaban J connectivity index is 2.12. The van der Waals surface area contributed by atoms with E-state index in [4.69, 9.17) is 12.2 Å². The van der Waals surface area contributed by atoms with E-state index >= 15 is 0 Å². The van der Waals surface area contributed by atoms with E-state index in [9.17, 15) is 9.90 Å². The lowest BCUT2D eigenvalue weighted by Gasteiger charge is -2.08. The van der Waals surface area contributed by atoms with E-state index in [1.807, 2.05) is 42.5 Å². The van der Waals surface area contributed by atoms with Crippen LogP contribution in [0.5, 0.6) is 5.88 Å². The highest BCUT2D eigenvalue weighted by atomic mass is 32.1. The van der Waals surface area contributed by atoms with Crippen molar-refractivity contribution in [1.82, 2.24) is 9.55 Å². The number of aromatic amines is 1. The van der Waals surface area contributed by atoms with Crippen molar-refractivity contribution < 1.29 is 5.11 Å². The molecule has 0 saturated heterocycles. The predicted molar refractivity (Wildman–Crippen MR) is 99.0 cm³/mol. The number of aromatic hydroxyl groups is 1. The van der Waals surface area contributed by atoms with Crippen molar-refractivity contribution in [2.75, 3.05) is 0 Å². The standard InChI is InChI=1S/C18H15N3O2S/c1-2-10-21-17(23)14(16(22)20-18(21)24)11-19-15-9-5-7-12-6-3-4-8-13(12)15/h2-9,11,23H,1,10H2,(H,20,22,24). The molecule has 120 valence electrons. The zero-order valence-electron chi connectivity index (χ0n) is 12.8. The van der Waals surface area contributed by atoms with Crippen molar-refractivity contribution >= 4 is 34.9 Å². The number of aliphatic imine (C=N–C) groups is 1. The number of fused-ring (bicyclic) bond motifs is 1. The second kappa shape index (κ2) is 6.64. The molecule has 1 heterocycles. The van der Waals surface area contributed by atoms with Gasteiger partial charge in [-0.1, -0.05) is 42.5 Å². The van der Waals surface area contributed by atoms with Gasteiger partial charge in [-0.2, -0.15) is 0 Å². The Kier molecular flexibility index (Phi) is 4.39. The fourth-order valence-electron chi connectivity index (χ4n) is 2.44. The molecule has 0 unspecified atom stereocenters. The lowest BCUT2D eigenvalue weighted by atomic mass is 10.1. The maximum absolute atomic E-state index is 12.1. The van der Waals surface area contributed by atoms with E-state index in [2.05, 4.69) is 16.6 Å². The monoisotopic (exact) mass is 337 g/mol. The lowest BCUT2D eigenvalue weighted by Crippen LogP contribution is -2.18. The van der Waals surface area contributed by atoms with Crippen LogP contribution in [0.25, 0.3) is 10.8 Å². The van der Waals surface area contributed by atoms with Gasteiger partial charge in [-0.15, -0.1) is 6.58 Å². The number of rotatable bonds is 4. The van der Waals surface area contributed by atoms with Gasteiger partial charge in [0.25, 0.3) is 5.56 Å². The van der Waals surface area contributed by atoms with E-state index in [-0.39, 0.29) is 22.8 Å². The normalized spacial score (nSPS) is 11.2. The van der Waals surface area contributed by atoms with Gasteiger partial charge in [-0.25, -0.2) is 0 Å². The summed E-state index contributed by atoms with van der Waals surface area (Å²) in [5.41, 5.74) is 0.282. The summed E-state index contributed by atoms with van der Waals surface area (Å²) in [7, 11) is 0. The maximum atomic E-state index is 12.1. The van der Waals surface area contributed by atoms with Gasteiger partial charge in [0.1, 0.15) is 5.56 Å². The van der Waals surface area contributed by atoms with Crippen molar-refractivity contribution in [2.24, 2.45) is 4.99 Å². The first-order valence-corrected chi connectivity index (χ1v) is 7.71. The van der Waals surface area contributed by atoms with Crippen LogP contribution < -0.4 is 5.56 Å². The van der Waals surface area contributed by atoms with E-state index in [1.54, 1.807) is 6.08 Å². The van der Waals surface area contributed by atoms with Crippen molar-refractivity contribution in [2.45, 2.75) is 6.54 Å². The van der Waals surface area contributed by atoms with Crippen LogP contribution in [-0.2, 0) is 6.54 Å². The zero-order valence-corrected chi connectivity index (χ0v) is 13.6. The van der Waals surface area contributed by atoms with Crippen LogP contribution in [0, 0.1) is 4.77 Å². The molecule has 0 amide bonds. The fraction of sp³-hybridized carbons (Fsp3) is 0.0556. The summed E-state index contributed by atoms with van der Waals surface area (Å²) in [6, 6.07) is 13.6. The van der Waals surface area contributed by atoms with Gasteiger partial charge in [-0.05, 0) is 23.7 Å². The zero-order chi connectivity index (χ0) is 17.1. The largest absolute Gasteiger partial charge is 0.494 e. The smallest absolute Gasteiger partial charge is 0.264 e. The molecule has 24 heavy (non-hydrogen) atoms. The van der Waals surface area contributed by atoms with Crippen molar-refractivity contribution in [3.63, 3.8) is 0 Å². The number of benzene rings is 2. The molecule has 5 nitrogen and oxygen atoms in total. The molecule has 3 rings (SSSR count). The molecule has 0 aliphatic heterocycles. The first-order valence-electron chi connectivity index (χ1n) is 7.30. The number of hydrogen-bond acceptors (Lipinski definition) is 4. The first-order chi connectivity index (χ1) is 11.6. The van der Waals surface area contributed by atoms with Crippen molar-refractivity contribution in [1.29, 1.82) is 0 Å². The average molecular weight is 337 g/mol. The van der Waals surface area contributed by atoms with Gasteiger partial charge >= 0.3 is 0 Å². The number of aromatic nitrogens is 2. The van der Waals surface area contributed by atoms with Crippen LogP contribution in [0.2, 0.25) is 0 Å². The van der Waals surface area contributed by atoms with Crippen LogP contribution in [0.3, 0.4) is 0 Å². The number of nitrogens with zero attached hydrogens (tertiary/aromatic N) is 2. The molecule has 0 aliphatic rings. The summed E-state index contributed by atoms with van der Waals surface area (Å²) in [6.45, 7) is 3.90. The number of hydrogen-bond donors (Lipinski definition) is 2. The first kappa shape index (κ1) is 15.9. The molecule has 0 aliphatic carbocycles. The lowest BCUT2D eigenvalue weighted by molar-refractivity contribution is 0.413. The minimum absolute atomic E-state index is 0.0541. The topological polar surface area (TPSA) is 70.4 Å². The second-order valence-corrected chi connectivity index (χ2v) is 5.54. The van der Waals surface area contributed by atoms with Gasteiger partial charge in [-0.3, -0.25) is 19.3 Å². The minimum Gasteiger partial charge on any atom is -0.494 e. The summed E-state index contributed by atoms with van der Waals surface area (Å²) >= 11 is 5.05. The molecule has 0 bridgehead atoms. The van der Waals surface area contributed by atoms with Crippen LogP contribution in [0.15, 0.2) is 64.9 Å². The molecule has 0 atom stereocenters. The Bertz CT molecular complexity index is 1060. The van der Waals surface area contributed by atoms with E-state index in [1.165, 1.54) is 10.8 Å². The van der Waals surface area contributed by atoms with Crippen LogP contribution >= 0.6 is 12.2 Å². The van der Waals surface area contributed by atoms with E-state index in [0.29, 0.717) is 5.69 Å². The average Bonchev–Trinajstić information content (AvgIpc) is 2.58. The van der Waals surface area contributed by atoms with Crippen LogP contribution in [0.4, 0.5) is 5.69 Å². The summed E-state index contributed by atoms with van der Waals surface area (Å²) < 4.78 is 1.52. The van der Waals surface area contributed by atoms with Crippen molar-refractivity contribution in [3.8, 4) is 5.88 Å². The third-order valence-electron chi connectivity index (χ3n) is 3.62. The molecule has 6 heteroatoms. The summed E-state index contributed by atoms with van der Waals surface area (Å²) in [4.78, 5) is 19.0. The molecule has 3 aromatic rings. The van der Waals surface area contributed by atoms with Crippen LogP contribution in [-0.4, -0.2) is 20.9 Å². The highest BCUT2D eigenvalue weighted by Crippen LogP contribution is 2.25. The highest BCUT2D eigenvalue weighted by Gasteiger charge is 2.10. The molecule has 2 aromatic carbocycles. The van der Waals surface area contributed by atoms with Gasteiger partial charge in [0.05, 0.1) is 5.69 Å². The van der Waals surface area contributed by atoms with Gasteiger partial charge in [0, 0.05) is 18.1 Å². The van der Waals surface area contributed by atoms with E-state index in [0.717, 1.165) is 10.8 Å². The summed E-state index contributed by atoms with van der Waals surface area (Å²) in [5, 5.41) is 12.3. The number of H-pyrrole nitrogens is 1. The molecule has 2 N–H and O–H groups in total.